The molecule has 106 valence electrons. The highest BCUT2D eigenvalue weighted by Crippen LogP contribution is 2.19. The van der Waals surface area contributed by atoms with Crippen LogP contribution in [-0.2, 0) is 9.47 Å². The monoisotopic (exact) mass is 256 g/mol. The van der Waals surface area contributed by atoms with E-state index in [-0.39, 0.29) is 6.29 Å². The summed E-state index contributed by atoms with van der Waals surface area (Å²) < 4.78 is 11.1. The Morgan fingerprint density at radius 3 is 2.56 bits per heavy atom. The van der Waals surface area contributed by atoms with Gasteiger partial charge in [0.15, 0.2) is 6.29 Å². The molecule has 2 rings (SSSR count). The van der Waals surface area contributed by atoms with Crippen molar-refractivity contribution in [3.05, 3.63) is 0 Å². The Hall–Kier alpha value is -0.160. The Morgan fingerprint density at radius 1 is 1.17 bits per heavy atom. The molecule has 0 aromatic carbocycles. The van der Waals surface area contributed by atoms with Crippen molar-refractivity contribution >= 4 is 0 Å². The van der Waals surface area contributed by atoms with E-state index in [1.807, 2.05) is 0 Å². The summed E-state index contributed by atoms with van der Waals surface area (Å²) in [6.45, 7) is 13.0. The predicted molar refractivity (Wildman–Crippen MR) is 72.6 cm³/mol. The highest BCUT2D eigenvalue weighted by molar-refractivity contribution is 4.76. The van der Waals surface area contributed by atoms with Crippen LogP contribution in [0.1, 0.15) is 26.7 Å². The van der Waals surface area contributed by atoms with Gasteiger partial charge < -0.3 is 14.4 Å². The van der Waals surface area contributed by atoms with Gasteiger partial charge in [-0.2, -0.15) is 0 Å². The van der Waals surface area contributed by atoms with Crippen molar-refractivity contribution in [2.45, 2.75) is 33.0 Å². The summed E-state index contributed by atoms with van der Waals surface area (Å²) in [6.07, 6.45) is 2.72. The molecule has 0 amide bonds. The molecule has 2 fully saturated rings. The van der Waals surface area contributed by atoms with Gasteiger partial charge in [-0.3, -0.25) is 4.90 Å². The van der Waals surface area contributed by atoms with Gasteiger partial charge in [0.25, 0.3) is 0 Å². The summed E-state index contributed by atoms with van der Waals surface area (Å²) in [4.78, 5) is 5.06. The van der Waals surface area contributed by atoms with Crippen LogP contribution in [0.5, 0.6) is 0 Å². The maximum atomic E-state index is 5.54. The number of nitrogens with zero attached hydrogens (tertiary/aromatic N) is 2. The molecule has 0 bridgehead atoms. The largest absolute Gasteiger partial charge is 0.349 e. The smallest absolute Gasteiger partial charge is 0.170 e. The van der Waals surface area contributed by atoms with E-state index in [0.29, 0.717) is 0 Å². The molecule has 0 aliphatic carbocycles. The molecule has 0 unspecified atom stereocenters. The van der Waals surface area contributed by atoms with Crippen molar-refractivity contribution in [2.75, 3.05) is 52.5 Å². The molecule has 0 aromatic heterocycles. The minimum absolute atomic E-state index is 0.0252. The molecule has 0 radical (unpaired) electrons. The number of rotatable bonds is 6. The Labute approximate surface area is 111 Å². The standard InChI is InChI=1S/C14H28N2O2/c1-3-15(4-2)10-13-6-5-7-16(11-13)12-14-17-8-9-18-14/h13-14H,3-12H2,1-2H3/t13-/m0/s1. The Kier molecular flexibility index (Phi) is 5.89. The topological polar surface area (TPSA) is 24.9 Å². The third-order valence-electron chi connectivity index (χ3n) is 4.11. The Bertz CT molecular complexity index is 218. The normalized spacial score (nSPS) is 27.2. The lowest BCUT2D eigenvalue weighted by atomic mass is 9.97. The Balaban J connectivity index is 1.73. The predicted octanol–water partition coefficient (Wildman–Crippen LogP) is 1.41. The highest BCUT2D eigenvalue weighted by Gasteiger charge is 2.25. The van der Waals surface area contributed by atoms with Gasteiger partial charge in [-0.25, -0.2) is 0 Å². The molecule has 0 saturated carbocycles. The van der Waals surface area contributed by atoms with Crippen LogP contribution >= 0.6 is 0 Å². The minimum Gasteiger partial charge on any atom is -0.349 e. The maximum Gasteiger partial charge on any atom is 0.170 e. The molecule has 0 N–H and O–H groups in total. The van der Waals surface area contributed by atoms with Crippen LogP contribution in [0.4, 0.5) is 0 Å². The average molecular weight is 256 g/mol. The summed E-state index contributed by atoms with van der Waals surface area (Å²) in [5, 5.41) is 0. The molecule has 2 aliphatic heterocycles. The lowest BCUT2D eigenvalue weighted by Crippen LogP contribution is -2.44. The van der Waals surface area contributed by atoms with Crippen LogP contribution in [0.15, 0.2) is 0 Å². The van der Waals surface area contributed by atoms with E-state index in [4.69, 9.17) is 9.47 Å². The first kappa shape index (κ1) is 14.3. The first-order valence-electron chi connectivity index (χ1n) is 7.49. The molecule has 2 heterocycles. The van der Waals surface area contributed by atoms with Crippen LogP contribution < -0.4 is 0 Å². The summed E-state index contributed by atoms with van der Waals surface area (Å²) in [6, 6.07) is 0. The molecule has 2 aliphatic rings. The fourth-order valence-electron chi connectivity index (χ4n) is 3.04. The minimum atomic E-state index is 0.0252. The summed E-state index contributed by atoms with van der Waals surface area (Å²) in [5.41, 5.74) is 0. The zero-order valence-corrected chi connectivity index (χ0v) is 11.9. The second kappa shape index (κ2) is 7.43. The zero-order chi connectivity index (χ0) is 12.8. The van der Waals surface area contributed by atoms with Gasteiger partial charge in [-0.15, -0.1) is 0 Å². The fourth-order valence-corrected chi connectivity index (χ4v) is 3.04. The van der Waals surface area contributed by atoms with Crippen molar-refractivity contribution in [1.29, 1.82) is 0 Å². The molecule has 1 atom stereocenters. The molecular weight excluding hydrogens is 228 g/mol. The van der Waals surface area contributed by atoms with E-state index < -0.39 is 0 Å². The summed E-state index contributed by atoms with van der Waals surface area (Å²) in [7, 11) is 0. The van der Waals surface area contributed by atoms with E-state index in [2.05, 4.69) is 23.6 Å². The lowest BCUT2D eigenvalue weighted by Gasteiger charge is -2.35. The van der Waals surface area contributed by atoms with E-state index in [0.717, 1.165) is 25.7 Å². The second-order valence-electron chi connectivity index (χ2n) is 5.42. The molecular formula is C14H28N2O2. The van der Waals surface area contributed by atoms with E-state index in [1.54, 1.807) is 0 Å². The van der Waals surface area contributed by atoms with Crippen LogP contribution in [0.3, 0.4) is 0 Å². The van der Waals surface area contributed by atoms with Gasteiger partial charge >= 0.3 is 0 Å². The average Bonchev–Trinajstić information content (AvgIpc) is 2.89. The van der Waals surface area contributed by atoms with Crippen molar-refractivity contribution in [2.24, 2.45) is 5.92 Å². The van der Waals surface area contributed by atoms with Gasteiger partial charge in [0.2, 0.25) is 0 Å². The van der Waals surface area contributed by atoms with Gasteiger partial charge in [-0.05, 0) is 38.4 Å². The lowest BCUT2D eigenvalue weighted by molar-refractivity contribution is -0.0678. The number of ether oxygens (including phenoxy) is 2. The molecule has 2 saturated heterocycles. The van der Waals surface area contributed by atoms with Crippen LogP contribution in [0.2, 0.25) is 0 Å². The van der Waals surface area contributed by atoms with E-state index in [9.17, 15) is 0 Å². The highest BCUT2D eigenvalue weighted by atomic mass is 16.7. The van der Waals surface area contributed by atoms with Crippen LogP contribution in [-0.4, -0.2) is 68.6 Å². The first-order chi connectivity index (χ1) is 8.81. The van der Waals surface area contributed by atoms with Gasteiger partial charge in [0, 0.05) is 19.6 Å². The molecule has 4 nitrogen and oxygen atoms in total. The molecule has 0 aromatic rings. The quantitative estimate of drug-likeness (QED) is 0.717. The summed E-state index contributed by atoms with van der Waals surface area (Å²) >= 11 is 0. The van der Waals surface area contributed by atoms with E-state index >= 15 is 0 Å². The Morgan fingerprint density at radius 2 is 1.89 bits per heavy atom. The third-order valence-corrected chi connectivity index (χ3v) is 4.11. The van der Waals surface area contributed by atoms with Gasteiger partial charge in [0.1, 0.15) is 0 Å². The second-order valence-corrected chi connectivity index (χ2v) is 5.42. The number of hydrogen-bond acceptors (Lipinski definition) is 4. The maximum absolute atomic E-state index is 5.54. The SMILES string of the molecule is CCN(CC)C[C@@H]1CCCN(CC2OCCO2)C1. The van der Waals surface area contributed by atoms with Gasteiger partial charge in [-0.1, -0.05) is 13.8 Å². The molecule has 0 spiro atoms. The molecule has 4 heteroatoms. The van der Waals surface area contributed by atoms with Crippen molar-refractivity contribution in [3.8, 4) is 0 Å². The van der Waals surface area contributed by atoms with Crippen molar-refractivity contribution in [1.82, 2.24) is 9.80 Å². The third kappa shape index (κ3) is 4.19. The van der Waals surface area contributed by atoms with Crippen molar-refractivity contribution < 1.29 is 9.47 Å². The number of piperidine rings is 1. The van der Waals surface area contributed by atoms with E-state index in [1.165, 1.54) is 45.6 Å². The fraction of sp³-hybridized carbons (Fsp3) is 1.00. The first-order valence-corrected chi connectivity index (χ1v) is 7.49. The summed E-state index contributed by atoms with van der Waals surface area (Å²) in [5.74, 6) is 0.819. The van der Waals surface area contributed by atoms with Gasteiger partial charge in [0.05, 0.1) is 13.2 Å². The number of likely N-dealkylation sites (tertiary alicyclic amines) is 1. The van der Waals surface area contributed by atoms with Crippen LogP contribution in [0.25, 0.3) is 0 Å². The van der Waals surface area contributed by atoms with Crippen LogP contribution in [0, 0.1) is 5.92 Å². The zero-order valence-electron chi connectivity index (χ0n) is 11.9. The molecule has 18 heavy (non-hydrogen) atoms. The number of hydrogen-bond donors (Lipinski definition) is 0. The van der Waals surface area contributed by atoms with Crippen molar-refractivity contribution in [3.63, 3.8) is 0 Å².